The van der Waals surface area contributed by atoms with Gasteiger partial charge in [-0.15, -0.1) is 4.98 Å². The van der Waals surface area contributed by atoms with Gasteiger partial charge in [0.1, 0.15) is 6.26 Å². The fourth-order valence-corrected chi connectivity index (χ4v) is 1.29. The third kappa shape index (κ3) is 3.18. The predicted octanol–water partition coefficient (Wildman–Crippen LogP) is 0.412. The average Bonchev–Trinajstić information content (AvgIpc) is 2.98. The van der Waals surface area contributed by atoms with Crippen LogP contribution in [0.2, 0.25) is 0 Å². The maximum Gasteiger partial charge on any atom is 0.322 e. The third-order valence-electron chi connectivity index (χ3n) is 2.20. The molecule has 8 heteroatoms. The fraction of sp³-hybridized carbons (Fsp3) is 0.273. The molecule has 2 aromatic rings. The molecule has 0 radical (unpaired) electrons. The number of furan rings is 1. The highest BCUT2D eigenvalue weighted by molar-refractivity contribution is 5.93. The Balaban J connectivity index is 2.04. The van der Waals surface area contributed by atoms with Gasteiger partial charge in [-0.3, -0.25) is 4.79 Å². The van der Waals surface area contributed by atoms with Gasteiger partial charge in [-0.1, -0.05) is 0 Å². The SMILES string of the molecule is COc1nc(CNC(=O)c2ccoc2)nc(OC)n1. The maximum absolute atomic E-state index is 11.7. The molecule has 0 aliphatic heterocycles. The lowest BCUT2D eigenvalue weighted by atomic mass is 10.3. The van der Waals surface area contributed by atoms with Crippen molar-refractivity contribution in [3.8, 4) is 12.0 Å². The zero-order valence-electron chi connectivity index (χ0n) is 10.4. The summed E-state index contributed by atoms with van der Waals surface area (Å²) in [5, 5.41) is 2.64. The van der Waals surface area contributed by atoms with E-state index in [2.05, 4.69) is 20.3 Å². The van der Waals surface area contributed by atoms with Gasteiger partial charge in [0.15, 0.2) is 5.82 Å². The van der Waals surface area contributed by atoms with Gasteiger partial charge in [0.05, 0.1) is 32.6 Å². The van der Waals surface area contributed by atoms with Crippen LogP contribution >= 0.6 is 0 Å². The monoisotopic (exact) mass is 264 g/mol. The van der Waals surface area contributed by atoms with E-state index in [4.69, 9.17) is 13.9 Å². The molecule has 0 saturated carbocycles. The van der Waals surface area contributed by atoms with Gasteiger partial charge >= 0.3 is 12.0 Å². The van der Waals surface area contributed by atoms with Gasteiger partial charge < -0.3 is 19.2 Å². The summed E-state index contributed by atoms with van der Waals surface area (Å²) in [6, 6.07) is 1.81. The summed E-state index contributed by atoms with van der Waals surface area (Å²) in [6.07, 6.45) is 2.77. The first-order chi connectivity index (χ1) is 9.22. The van der Waals surface area contributed by atoms with Crippen LogP contribution in [0.5, 0.6) is 12.0 Å². The lowest BCUT2D eigenvalue weighted by molar-refractivity contribution is 0.0949. The van der Waals surface area contributed by atoms with E-state index in [1.807, 2.05) is 0 Å². The number of ether oxygens (including phenoxy) is 2. The molecule has 1 amide bonds. The molecule has 0 saturated heterocycles. The van der Waals surface area contributed by atoms with Gasteiger partial charge in [-0.2, -0.15) is 9.97 Å². The van der Waals surface area contributed by atoms with Crippen molar-refractivity contribution in [3.63, 3.8) is 0 Å². The van der Waals surface area contributed by atoms with Crippen LogP contribution < -0.4 is 14.8 Å². The minimum Gasteiger partial charge on any atom is -0.472 e. The highest BCUT2D eigenvalue weighted by atomic mass is 16.5. The molecule has 2 aromatic heterocycles. The Morgan fingerprint density at radius 3 is 2.47 bits per heavy atom. The van der Waals surface area contributed by atoms with Crippen LogP contribution in [0.1, 0.15) is 16.2 Å². The molecule has 1 N–H and O–H groups in total. The van der Waals surface area contributed by atoms with Gasteiger partial charge in [0.25, 0.3) is 5.91 Å². The normalized spacial score (nSPS) is 10.0. The molecule has 0 aliphatic rings. The minimum atomic E-state index is -0.285. The zero-order chi connectivity index (χ0) is 13.7. The van der Waals surface area contributed by atoms with Gasteiger partial charge in [0.2, 0.25) is 0 Å². The molecular formula is C11H12N4O4. The summed E-state index contributed by atoms with van der Waals surface area (Å²) in [6.45, 7) is 0.124. The van der Waals surface area contributed by atoms with Gasteiger partial charge in [0, 0.05) is 0 Å². The number of methoxy groups -OCH3 is 2. The van der Waals surface area contributed by atoms with E-state index in [0.717, 1.165) is 0 Å². The Kier molecular flexibility index (Phi) is 3.91. The Bertz CT molecular complexity index is 534. The van der Waals surface area contributed by atoms with E-state index in [1.54, 1.807) is 6.07 Å². The molecule has 2 rings (SSSR count). The van der Waals surface area contributed by atoms with Crippen LogP contribution in [0.15, 0.2) is 23.0 Å². The third-order valence-corrected chi connectivity index (χ3v) is 2.20. The van der Waals surface area contributed by atoms with Crippen LogP contribution in [-0.4, -0.2) is 35.1 Å². The number of carbonyl (C=O) groups is 1. The van der Waals surface area contributed by atoms with Crippen LogP contribution in [0.25, 0.3) is 0 Å². The number of aromatic nitrogens is 3. The van der Waals surface area contributed by atoms with Crippen molar-refractivity contribution in [2.45, 2.75) is 6.54 Å². The second kappa shape index (κ2) is 5.80. The topological polar surface area (TPSA) is 99.4 Å². The highest BCUT2D eigenvalue weighted by Gasteiger charge is 2.10. The molecule has 0 unspecified atom stereocenters. The molecule has 0 fully saturated rings. The molecule has 0 bridgehead atoms. The van der Waals surface area contributed by atoms with E-state index in [0.29, 0.717) is 11.4 Å². The maximum atomic E-state index is 11.7. The number of hydrogen-bond donors (Lipinski definition) is 1. The summed E-state index contributed by atoms with van der Waals surface area (Å²) in [5.74, 6) is 0.0487. The van der Waals surface area contributed by atoms with Crippen LogP contribution in [0.3, 0.4) is 0 Å². The van der Waals surface area contributed by atoms with Crippen molar-refractivity contribution in [2.75, 3.05) is 14.2 Å². The van der Waals surface area contributed by atoms with Crippen molar-refractivity contribution >= 4 is 5.91 Å². The lowest BCUT2D eigenvalue weighted by Crippen LogP contribution is -2.23. The Morgan fingerprint density at radius 1 is 1.26 bits per heavy atom. The number of hydrogen-bond acceptors (Lipinski definition) is 7. The fourth-order valence-electron chi connectivity index (χ4n) is 1.29. The van der Waals surface area contributed by atoms with E-state index in [-0.39, 0.29) is 24.5 Å². The quantitative estimate of drug-likeness (QED) is 0.834. The van der Waals surface area contributed by atoms with Crippen LogP contribution in [0, 0.1) is 0 Å². The van der Waals surface area contributed by atoms with Crippen molar-refractivity contribution in [1.29, 1.82) is 0 Å². The summed E-state index contributed by atoms with van der Waals surface area (Å²) >= 11 is 0. The van der Waals surface area contributed by atoms with Crippen molar-refractivity contribution < 1.29 is 18.7 Å². The molecule has 0 spiro atoms. The summed E-state index contributed by atoms with van der Waals surface area (Å²) < 4.78 is 14.6. The first-order valence-electron chi connectivity index (χ1n) is 5.36. The largest absolute Gasteiger partial charge is 0.472 e. The van der Waals surface area contributed by atoms with Crippen molar-refractivity contribution in [2.24, 2.45) is 0 Å². The molecule has 19 heavy (non-hydrogen) atoms. The van der Waals surface area contributed by atoms with E-state index in [9.17, 15) is 4.79 Å². The number of amides is 1. The molecule has 0 aromatic carbocycles. The van der Waals surface area contributed by atoms with Crippen molar-refractivity contribution in [3.05, 3.63) is 30.0 Å². The Labute approximate surface area is 108 Å². The number of carbonyl (C=O) groups excluding carboxylic acids is 1. The molecule has 100 valence electrons. The first-order valence-corrected chi connectivity index (χ1v) is 5.36. The predicted molar refractivity (Wildman–Crippen MR) is 62.8 cm³/mol. The number of nitrogens with zero attached hydrogens (tertiary/aromatic N) is 3. The van der Waals surface area contributed by atoms with Crippen molar-refractivity contribution in [1.82, 2.24) is 20.3 Å². The summed E-state index contributed by atoms with van der Waals surface area (Å²) in [4.78, 5) is 23.5. The molecule has 8 nitrogen and oxygen atoms in total. The first kappa shape index (κ1) is 12.8. The number of rotatable bonds is 5. The zero-order valence-corrected chi connectivity index (χ0v) is 10.4. The summed E-state index contributed by atoms with van der Waals surface area (Å²) in [7, 11) is 2.87. The second-order valence-electron chi connectivity index (χ2n) is 3.42. The number of nitrogens with one attached hydrogen (secondary N) is 1. The average molecular weight is 264 g/mol. The minimum absolute atomic E-state index is 0.124. The molecule has 0 aliphatic carbocycles. The van der Waals surface area contributed by atoms with Crippen LogP contribution in [0.4, 0.5) is 0 Å². The smallest absolute Gasteiger partial charge is 0.322 e. The van der Waals surface area contributed by atoms with E-state index < -0.39 is 0 Å². The highest BCUT2D eigenvalue weighted by Crippen LogP contribution is 2.08. The molecule has 2 heterocycles. The Hall–Kier alpha value is -2.64. The van der Waals surface area contributed by atoms with E-state index in [1.165, 1.54) is 26.7 Å². The summed E-state index contributed by atoms with van der Waals surface area (Å²) in [5.41, 5.74) is 0.424. The van der Waals surface area contributed by atoms with Gasteiger partial charge in [-0.25, -0.2) is 0 Å². The van der Waals surface area contributed by atoms with Crippen LogP contribution in [-0.2, 0) is 6.54 Å². The standard InChI is InChI=1S/C11H12N4O4/c1-17-10-13-8(14-11(15-10)18-2)5-12-9(16)7-3-4-19-6-7/h3-4,6H,5H2,1-2H3,(H,12,16). The lowest BCUT2D eigenvalue weighted by Gasteiger charge is -2.05. The molecular weight excluding hydrogens is 252 g/mol. The van der Waals surface area contributed by atoms with E-state index >= 15 is 0 Å². The van der Waals surface area contributed by atoms with Gasteiger partial charge in [-0.05, 0) is 6.07 Å². The molecule has 0 atom stereocenters. The Morgan fingerprint density at radius 2 is 1.95 bits per heavy atom. The second-order valence-corrected chi connectivity index (χ2v) is 3.42.